The van der Waals surface area contributed by atoms with Gasteiger partial charge in [-0.1, -0.05) is 36.9 Å². The van der Waals surface area contributed by atoms with Crippen LogP contribution >= 0.6 is 11.8 Å². The Morgan fingerprint density at radius 1 is 1.36 bits per heavy atom. The third kappa shape index (κ3) is 2.41. The summed E-state index contributed by atoms with van der Waals surface area (Å²) in [5.41, 5.74) is 2.14. The fourth-order valence-electron chi connectivity index (χ4n) is 2.44. The Morgan fingerprint density at radius 3 is 2.86 bits per heavy atom. The molecule has 1 aliphatic rings. The number of aromatic nitrogens is 3. The van der Waals surface area contributed by atoms with Gasteiger partial charge in [0.15, 0.2) is 11.9 Å². The molecule has 0 bridgehead atoms. The van der Waals surface area contributed by atoms with E-state index in [9.17, 15) is 4.79 Å². The van der Waals surface area contributed by atoms with Crippen LogP contribution in [-0.4, -0.2) is 33.6 Å². The fraction of sp³-hybridized carbons (Fsp3) is 0.333. The summed E-state index contributed by atoms with van der Waals surface area (Å²) in [5, 5.41) is 8.87. The molecule has 1 aromatic heterocycles. The van der Waals surface area contributed by atoms with Gasteiger partial charge in [-0.25, -0.2) is 0 Å². The van der Waals surface area contributed by atoms with Crippen LogP contribution in [0.15, 0.2) is 29.4 Å². The van der Waals surface area contributed by atoms with Crippen molar-refractivity contribution in [3.63, 3.8) is 0 Å². The second kappa shape index (κ2) is 5.92. The number of anilines is 1. The molecule has 1 aliphatic heterocycles. The molecule has 22 heavy (non-hydrogen) atoms. The van der Waals surface area contributed by atoms with Gasteiger partial charge in [-0.3, -0.25) is 9.69 Å². The molecule has 1 aromatic carbocycles. The number of para-hydroxylation sites is 1. The second-order valence-corrected chi connectivity index (χ2v) is 5.58. The Morgan fingerprint density at radius 2 is 2.14 bits per heavy atom. The Hall–Kier alpha value is -2.15. The van der Waals surface area contributed by atoms with Gasteiger partial charge in [-0.05, 0) is 19.2 Å². The molecule has 114 valence electrons. The molecule has 3 rings (SSSR count). The molecular formula is C15H16N4O2S. The third-order valence-corrected chi connectivity index (χ3v) is 3.99. The van der Waals surface area contributed by atoms with Crippen molar-refractivity contribution in [1.82, 2.24) is 15.2 Å². The third-order valence-electron chi connectivity index (χ3n) is 3.45. The minimum absolute atomic E-state index is 0.00851. The van der Waals surface area contributed by atoms with Crippen LogP contribution in [0.4, 0.5) is 5.69 Å². The number of nitrogens with zero attached hydrogens (tertiary/aromatic N) is 4. The van der Waals surface area contributed by atoms with E-state index in [1.54, 1.807) is 4.90 Å². The number of fused-ring (bicyclic) bond motifs is 3. The summed E-state index contributed by atoms with van der Waals surface area (Å²) in [6, 6.07) is 7.59. The molecule has 0 radical (unpaired) electrons. The highest BCUT2D eigenvalue weighted by Gasteiger charge is 2.31. The average molecular weight is 316 g/mol. The van der Waals surface area contributed by atoms with Gasteiger partial charge in [-0.15, -0.1) is 10.2 Å². The summed E-state index contributed by atoms with van der Waals surface area (Å²) in [7, 11) is 0. The number of ether oxygens (including phenoxy) is 1. The summed E-state index contributed by atoms with van der Waals surface area (Å²) in [6.07, 6.45) is 1.82. The van der Waals surface area contributed by atoms with Crippen molar-refractivity contribution in [2.45, 2.75) is 31.7 Å². The molecule has 0 saturated carbocycles. The predicted molar refractivity (Wildman–Crippen MR) is 84.9 cm³/mol. The van der Waals surface area contributed by atoms with Crippen LogP contribution in [0.1, 0.15) is 20.3 Å². The van der Waals surface area contributed by atoms with Crippen LogP contribution in [0.3, 0.4) is 0 Å². The van der Waals surface area contributed by atoms with Gasteiger partial charge in [0, 0.05) is 12.0 Å². The summed E-state index contributed by atoms with van der Waals surface area (Å²) in [5.74, 6) is 0.400. The standard InChI is InChI=1S/C15H16N4O2S/c1-4-12(20)19-9(2)21-14-13(17-18-15(16-14)22-3)10-7-5-6-8-11(10)19/h5-9H,4H2,1-3H3/t9-/m1/s1. The summed E-state index contributed by atoms with van der Waals surface area (Å²) >= 11 is 1.40. The van der Waals surface area contributed by atoms with E-state index in [2.05, 4.69) is 15.2 Å². The molecule has 0 spiro atoms. The highest BCUT2D eigenvalue weighted by molar-refractivity contribution is 7.98. The number of hydrogen-bond donors (Lipinski definition) is 0. The predicted octanol–water partition coefficient (Wildman–Crippen LogP) is 2.74. The number of carbonyl (C=O) groups is 1. The first-order valence-electron chi connectivity index (χ1n) is 7.02. The lowest BCUT2D eigenvalue weighted by Crippen LogP contribution is -2.41. The van der Waals surface area contributed by atoms with E-state index in [0.29, 0.717) is 23.2 Å². The van der Waals surface area contributed by atoms with Gasteiger partial charge < -0.3 is 4.74 Å². The summed E-state index contributed by atoms with van der Waals surface area (Å²) in [6.45, 7) is 3.67. The molecule has 0 N–H and O–H groups in total. The number of amides is 1. The molecule has 1 atom stereocenters. The molecule has 6 nitrogen and oxygen atoms in total. The van der Waals surface area contributed by atoms with Gasteiger partial charge >= 0.3 is 0 Å². The van der Waals surface area contributed by atoms with Crippen molar-refractivity contribution in [3.8, 4) is 17.1 Å². The lowest BCUT2D eigenvalue weighted by molar-refractivity contribution is -0.119. The largest absolute Gasteiger partial charge is 0.452 e. The first-order chi connectivity index (χ1) is 10.7. The number of thioether (sulfide) groups is 1. The molecule has 2 heterocycles. The highest BCUT2D eigenvalue weighted by Crippen LogP contribution is 2.39. The zero-order valence-corrected chi connectivity index (χ0v) is 13.4. The minimum Gasteiger partial charge on any atom is -0.452 e. The maximum atomic E-state index is 12.4. The average Bonchev–Trinajstić information content (AvgIpc) is 2.67. The summed E-state index contributed by atoms with van der Waals surface area (Å²) in [4.78, 5) is 18.4. The molecule has 1 amide bonds. The quantitative estimate of drug-likeness (QED) is 0.794. The van der Waals surface area contributed by atoms with Gasteiger partial charge in [-0.2, -0.15) is 4.98 Å². The zero-order chi connectivity index (χ0) is 15.7. The maximum Gasteiger partial charge on any atom is 0.247 e. The van der Waals surface area contributed by atoms with Crippen molar-refractivity contribution < 1.29 is 9.53 Å². The molecule has 7 heteroatoms. The van der Waals surface area contributed by atoms with Crippen LogP contribution in [0.25, 0.3) is 11.3 Å². The van der Waals surface area contributed by atoms with Gasteiger partial charge in [0.2, 0.25) is 16.9 Å². The van der Waals surface area contributed by atoms with Crippen molar-refractivity contribution in [2.24, 2.45) is 0 Å². The number of hydrogen-bond acceptors (Lipinski definition) is 6. The minimum atomic E-state index is -0.457. The van der Waals surface area contributed by atoms with Crippen LogP contribution in [0.2, 0.25) is 0 Å². The van der Waals surface area contributed by atoms with E-state index in [0.717, 1.165) is 11.3 Å². The van der Waals surface area contributed by atoms with E-state index < -0.39 is 6.23 Å². The zero-order valence-electron chi connectivity index (χ0n) is 12.6. The van der Waals surface area contributed by atoms with E-state index in [4.69, 9.17) is 4.74 Å². The summed E-state index contributed by atoms with van der Waals surface area (Å²) < 4.78 is 5.90. The van der Waals surface area contributed by atoms with E-state index in [1.807, 2.05) is 44.4 Å². The smallest absolute Gasteiger partial charge is 0.247 e. The van der Waals surface area contributed by atoms with Crippen LogP contribution in [0.5, 0.6) is 5.88 Å². The highest BCUT2D eigenvalue weighted by atomic mass is 32.2. The molecule has 0 aliphatic carbocycles. The van der Waals surface area contributed by atoms with Gasteiger partial charge in [0.25, 0.3) is 0 Å². The Balaban J connectivity index is 2.21. The first-order valence-corrected chi connectivity index (χ1v) is 8.25. The molecule has 0 fully saturated rings. The van der Waals surface area contributed by atoms with Crippen molar-refractivity contribution >= 4 is 23.4 Å². The van der Waals surface area contributed by atoms with E-state index in [-0.39, 0.29) is 5.91 Å². The monoisotopic (exact) mass is 316 g/mol. The normalized spacial score (nSPS) is 16.3. The molecule has 0 unspecified atom stereocenters. The van der Waals surface area contributed by atoms with Crippen LogP contribution in [0, 0.1) is 0 Å². The first kappa shape index (κ1) is 14.8. The Labute approximate surface area is 132 Å². The Bertz CT molecular complexity index is 722. The topological polar surface area (TPSA) is 68.2 Å². The lowest BCUT2D eigenvalue weighted by atomic mass is 10.1. The van der Waals surface area contributed by atoms with Crippen LogP contribution in [-0.2, 0) is 4.79 Å². The lowest BCUT2D eigenvalue weighted by Gasteiger charge is -2.27. The Kier molecular flexibility index (Phi) is 3.98. The maximum absolute atomic E-state index is 12.4. The SMILES string of the molecule is CCC(=O)N1c2ccccc2-c2nnc(SC)nc2O[C@@H]1C. The van der Waals surface area contributed by atoms with Crippen molar-refractivity contribution in [1.29, 1.82) is 0 Å². The van der Waals surface area contributed by atoms with E-state index >= 15 is 0 Å². The van der Waals surface area contributed by atoms with Crippen molar-refractivity contribution in [3.05, 3.63) is 24.3 Å². The van der Waals surface area contributed by atoms with Crippen molar-refractivity contribution in [2.75, 3.05) is 11.2 Å². The number of benzene rings is 1. The molecule has 2 aromatic rings. The number of carbonyl (C=O) groups excluding carboxylic acids is 1. The fourth-order valence-corrected chi connectivity index (χ4v) is 2.73. The number of rotatable bonds is 2. The molecule has 0 saturated heterocycles. The second-order valence-electron chi connectivity index (χ2n) is 4.80. The van der Waals surface area contributed by atoms with Gasteiger partial charge in [0.1, 0.15) is 0 Å². The molecular weight excluding hydrogens is 300 g/mol. The van der Waals surface area contributed by atoms with Gasteiger partial charge in [0.05, 0.1) is 5.69 Å². The van der Waals surface area contributed by atoms with E-state index in [1.165, 1.54) is 11.8 Å². The van der Waals surface area contributed by atoms with Crippen LogP contribution < -0.4 is 9.64 Å².